The summed E-state index contributed by atoms with van der Waals surface area (Å²) in [5, 5.41) is 0. The van der Waals surface area contributed by atoms with E-state index in [9.17, 15) is 13.6 Å². The number of carbonyl (C=O) groups excluding carboxylic acids is 1. The number of ether oxygens (including phenoxy) is 1. The van der Waals surface area contributed by atoms with Crippen LogP contribution in [0.5, 0.6) is 0 Å². The first-order valence-electron chi connectivity index (χ1n) is 4.94. The summed E-state index contributed by atoms with van der Waals surface area (Å²) in [6.07, 6.45) is 2.52. The molecule has 1 aliphatic carbocycles. The van der Waals surface area contributed by atoms with E-state index in [1.54, 1.807) is 19.1 Å². The van der Waals surface area contributed by atoms with Crippen LogP contribution in [0.4, 0.5) is 8.78 Å². The van der Waals surface area contributed by atoms with Crippen LogP contribution < -0.4 is 0 Å². The van der Waals surface area contributed by atoms with Gasteiger partial charge >= 0.3 is 5.97 Å². The van der Waals surface area contributed by atoms with Crippen LogP contribution in [0.2, 0.25) is 0 Å². The van der Waals surface area contributed by atoms with Crippen molar-refractivity contribution in [2.75, 3.05) is 6.61 Å². The number of hydrogen-bond acceptors (Lipinski definition) is 2. The molecule has 0 radical (unpaired) electrons. The normalized spacial score (nSPS) is 15.9. The molecular weight excluding hydrogens is 214 g/mol. The van der Waals surface area contributed by atoms with Crippen molar-refractivity contribution >= 4 is 12.0 Å². The Balaban J connectivity index is 2.17. The average molecular weight is 224 g/mol. The van der Waals surface area contributed by atoms with Gasteiger partial charge in [0.05, 0.1) is 6.61 Å². The molecule has 0 saturated heterocycles. The molecule has 0 unspecified atom stereocenters. The summed E-state index contributed by atoms with van der Waals surface area (Å²) < 4.78 is 30.9. The molecule has 2 nitrogen and oxygen atoms in total. The summed E-state index contributed by atoms with van der Waals surface area (Å²) >= 11 is 0. The quantitative estimate of drug-likeness (QED) is 0.583. The van der Waals surface area contributed by atoms with Crippen LogP contribution in [-0.2, 0) is 15.5 Å². The second-order valence-electron chi connectivity index (χ2n) is 3.43. The molecule has 0 saturated carbocycles. The zero-order valence-electron chi connectivity index (χ0n) is 8.67. The number of rotatable bonds is 3. The van der Waals surface area contributed by atoms with Crippen LogP contribution in [0.15, 0.2) is 24.3 Å². The molecule has 0 heterocycles. The largest absolute Gasteiger partial charge is 0.463 e. The Hall–Kier alpha value is -1.71. The summed E-state index contributed by atoms with van der Waals surface area (Å²) in [5.41, 5.74) is 0.421. The number of carbonyl (C=O) groups is 1. The zero-order chi connectivity index (χ0) is 11.8. The average Bonchev–Trinajstić information content (AvgIpc) is 2.80. The topological polar surface area (TPSA) is 26.3 Å². The fraction of sp³-hybridized carbons (Fsp3) is 0.250. The van der Waals surface area contributed by atoms with Crippen molar-refractivity contribution in [2.24, 2.45) is 0 Å². The highest BCUT2D eigenvalue weighted by atomic mass is 19.3. The van der Waals surface area contributed by atoms with Crippen LogP contribution in [-0.4, -0.2) is 12.6 Å². The van der Waals surface area contributed by atoms with Crippen LogP contribution in [0, 0.1) is 0 Å². The van der Waals surface area contributed by atoms with Crippen molar-refractivity contribution in [1.82, 2.24) is 0 Å². The zero-order valence-corrected chi connectivity index (χ0v) is 8.67. The summed E-state index contributed by atoms with van der Waals surface area (Å²) in [5.74, 6) is -3.35. The van der Waals surface area contributed by atoms with E-state index in [4.69, 9.17) is 0 Å². The van der Waals surface area contributed by atoms with Crippen molar-refractivity contribution in [2.45, 2.75) is 12.8 Å². The van der Waals surface area contributed by atoms with Crippen molar-refractivity contribution in [3.8, 4) is 0 Å². The van der Waals surface area contributed by atoms with Gasteiger partial charge in [0.25, 0.3) is 5.92 Å². The van der Waals surface area contributed by atoms with Gasteiger partial charge in [-0.05, 0) is 18.6 Å². The van der Waals surface area contributed by atoms with Gasteiger partial charge in [-0.2, -0.15) is 8.78 Å². The first-order valence-corrected chi connectivity index (χ1v) is 4.94. The van der Waals surface area contributed by atoms with Crippen LogP contribution in [0.25, 0.3) is 6.08 Å². The molecule has 0 amide bonds. The van der Waals surface area contributed by atoms with Crippen molar-refractivity contribution < 1.29 is 18.3 Å². The van der Waals surface area contributed by atoms with E-state index in [-0.39, 0.29) is 17.7 Å². The van der Waals surface area contributed by atoms with Crippen molar-refractivity contribution in [3.05, 3.63) is 41.0 Å². The maximum Gasteiger partial charge on any atom is 0.330 e. The molecule has 2 rings (SSSR count). The van der Waals surface area contributed by atoms with E-state index in [1.165, 1.54) is 12.1 Å². The molecule has 0 atom stereocenters. The maximum atomic E-state index is 13.1. The summed E-state index contributed by atoms with van der Waals surface area (Å²) in [6.45, 7) is 1.95. The highest BCUT2D eigenvalue weighted by molar-refractivity contribution is 5.88. The van der Waals surface area contributed by atoms with Gasteiger partial charge in [-0.3, -0.25) is 0 Å². The molecule has 0 bridgehead atoms. The number of hydrogen-bond donors (Lipinski definition) is 0. The standard InChI is InChI=1S/C12H10F2O2/c1-2-16-10(15)7-6-8-4-3-5-9-11(8)12(9,13)14/h3-7H,2H2,1H3/b7-6+. The molecule has 1 aromatic carbocycles. The minimum Gasteiger partial charge on any atom is -0.463 e. The molecule has 16 heavy (non-hydrogen) atoms. The lowest BCUT2D eigenvalue weighted by molar-refractivity contribution is -0.137. The van der Waals surface area contributed by atoms with E-state index < -0.39 is 11.9 Å². The van der Waals surface area contributed by atoms with Gasteiger partial charge in [0, 0.05) is 17.2 Å². The molecule has 84 valence electrons. The number of alkyl halides is 2. The highest BCUT2D eigenvalue weighted by Gasteiger charge is 2.54. The molecule has 0 fully saturated rings. The Bertz CT molecular complexity index is 464. The summed E-state index contributed by atoms with van der Waals surface area (Å²) in [7, 11) is 0. The smallest absolute Gasteiger partial charge is 0.330 e. The Morgan fingerprint density at radius 3 is 2.94 bits per heavy atom. The number of halogens is 2. The summed E-state index contributed by atoms with van der Waals surface area (Å²) in [6, 6.07) is 4.48. The molecule has 1 aromatic rings. The fourth-order valence-electron chi connectivity index (χ4n) is 1.60. The Morgan fingerprint density at radius 2 is 2.25 bits per heavy atom. The van der Waals surface area contributed by atoms with Gasteiger partial charge in [0.15, 0.2) is 0 Å². The highest BCUT2D eigenvalue weighted by Crippen LogP contribution is 2.54. The molecule has 0 aliphatic heterocycles. The van der Waals surface area contributed by atoms with E-state index >= 15 is 0 Å². The van der Waals surface area contributed by atoms with Gasteiger partial charge < -0.3 is 4.74 Å². The number of esters is 1. The molecular formula is C12H10F2O2. The van der Waals surface area contributed by atoms with Gasteiger partial charge in [0.2, 0.25) is 0 Å². The molecule has 0 N–H and O–H groups in total. The van der Waals surface area contributed by atoms with Crippen LogP contribution in [0.1, 0.15) is 23.6 Å². The predicted octanol–water partition coefficient (Wildman–Crippen LogP) is 2.72. The van der Waals surface area contributed by atoms with E-state index in [2.05, 4.69) is 4.74 Å². The van der Waals surface area contributed by atoms with E-state index in [1.807, 2.05) is 0 Å². The first kappa shape index (κ1) is 10.8. The monoisotopic (exact) mass is 224 g/mol. The second kappa shape index (κ2) is 3.70. The third-order valence-corrected chi connectivity index (χ3v) is 2.37. The SMILES string of the molecule is CCOC(=O)/C=C/c1cccc2c1C2(F)F. The summed E-state index contributed by atoms with van der Waals surface area (Å²) in [4.78, 5) is 11.0. The third-order valence-electron chi connectivity index (χ3n) is 2.37. The molecule has 0 aromatic heterocycles. The minimum absolute atomic E-state index is 0.00977. The molecule has 0 spiro atoms. The minimum atomic E-state index is -2.82. The lowest BCUT2D eigenvalue weighted by Crippen LogP contribution is -1.98. The van der Waals surface area contributed by atoms with Crippen LogP contribution >= 0.6 is 0 Å². The first-order chi connectivity index (χ1) is 7.57. The van der Waals surface area contributed by atoms with E-state index in [0.717, 1.165) is 6.08 Å². The molecule has 1 aliphatic rings. The van der Waals surface area contributed by atoms with Gasteiger partial charge in [-0.15, -0.1) is 0 Å². The number of fused-ring (bicyclic) bond motifs is 1. The fourth-order valence-corrected chi connectivity index (χ4v) is 1.60. The van der Waals surface area contributed by atoms with Gasteiger partial charge in [-0.1, -0.05) is 18.2 Å². The van der Waals surface area contributed by atoms with E-state index in [0.29, 0.717) is 5.56 Å². The lowest BCUT2D eigenvalue weighted by atomic mass is 10.2. The number of benzene rings is 1. The second-order valence-corrected chi connectivity index (χ2v) is 3.43. The predicted molar refractivity (Wildman–Crippen MR) is 55.1 cm³/mol. The van der Waals surface area contributed by atoms with Gasteiger partial charge in [-0.25, -0.2) is 4.79 Å². The third kappa shape index (κ3) is 1.71. The Morgan fingerprint density at radius 1 is 1.50 bits per heavy atom. The van der Waals surface area contributed by atoms with Crippen molar-refractivity contribution in [1.29, 1.82) is 0 Å². The Labute approximate surface area is 91.5 Å². The maximum absolute atomic E-state index is 13.1. The lowest BCUT2D eigenvalue weighted by Gasteiger charge is -1.95. The van der Waals surface area contributed by atoms with Crippen molar-refractivity contribution in [3.63, 3.8) is 0 Å². The Kier molecular flexibility index (Phi) is 2.50. The van der Waals surface area contributed by atoms with Crippen LogP contribution in [0.3, 0.4) is 0 Å². The molecule has 4 heteroatoms. The van der Waals surface area contributed by atoms with Gasteiger partial charge in [0.1, 0.15) is 0 Å².